The summed E-state index contributed by atoms with van der Waals surface area (Å²) in [5, 5.41) is 9.08. The number of aromatic nitrogens is 5. The van der Waals surface area contributed by atoms with Crippen LogP contribution in [0.2, 0.25) is 5.15 Å². The molecule has 0 fully saturated rings. The van der Waals surface area contributed by atoms with E-state index in [4.69, 9.17) is 17.3 Å². The van der Waals surface area contributed by atoms with Gasteiger partial charge in [-0.3, -0.25) is 4.98 Å². The van der Waals surface area contributed by atoms with Crippen LogP contribution in [0.25, 0.3) is 0 Å². The number of nitrogens with zero attached hydrogens (tertiary/aromatic N) is 3. The summed E-state index contributed by atoms with van der Waals surface area (Å²) in [6.07, 6.45) is 0. The van der Waals surface area contributed by atoms with Crippen molar-refractivity contribution in [2.45, 2.75) is 6.54 Å². The van der Waals surface area contributed by atoms with Crippen molar-refractivity contribution < 1.29 is 0 Å². The van der Waals surface area contributed by atoms with Crippen LogP contribution in [0.4, 0.5) is 11.8 Å². The molecule has 0 spiro atoms. The van der Waals surface area contributed by atoms with Crippen LogP contribution in [0.15, 0.2) is 10.9 Å². The Labute approximate surface area is 94.3 Å². The largest absolute Gasteiger partial charge is 0.368 e. The number of nitrogen functional groups attached to an aromatic ring is 1. The fourth-order valence-corrected chi connectivity index (χ4v) is 1.28. The highest BCUT2D eigenvalue weighted by Gasteiger charge is 2.02. The lowest BCUT2D eigenvalue weighted by Crippen LogP contribution is -2.07. The van der Waals surface area contributed by atoms with Crippen molar-refractivity contribution in [2.24, 2.45) is 0 Å². The number of rotatable bonds is 3. The van der Waals surface area contributed by atoms with Gasteiger partial charge in [0.15, 0.2) is 0 Å². The third-order valence-electron chi connectivity index (χ3n) is 1.70. The van der Waals surface area contributed by atoms with Crippen molar-refractivity contribution in [3.63, 3.8) is 0 Å². The lowest BCUT2D eigenvalue weighted by molar-refractivity contribution is 0.945. The molecule has 0 aliphatic heterocycles. The summed E-state index contributed by atoms with van der Waals surface area (Å²) < 4.78 is 0. The molecule has 0 aromatic carbocycles. The zero-order valence-electron chi connectivity index (χ0n) is 7.99. The van der Waals surface area contributed by atoms with Gasteiger partial charge in [-0.05, 0) is 0 Å². The Morgan fingerprint density at radius 3 is 2.94 bits per heavy atom. The highest BCUT2D eigenvalue weighted by Crippen LogP contribution is 2.12. The van der Waals surface area contributed by atoms with Gasteiger partial charge in [0.1, 0.15) is 16.8 Å². The number of H-pyrrole nitrogens is 2. The zero-order chi connectivity index (χ0) is 11.5. The summed E-state index contributed by atoms with van der Waals surface area (Å²) in [4.78, 5) is 20.8. The molecule has 0 amide bonds. The molecule has 8 nitrogen and oxygen atoms in total. The molecule has 9 heteroatoms. The molecular formula is C7H8ClN7O. The maximum Gasteiger partial charge on any atom is 0.340 e. The Bertz CT molecular complexity index is 527. The first kappa shape index (κ1) is 10.4. The van der Waals surface area contributed by atoms with E-state index in [2.05, 4.69) is 30.5 Å². The predicted molar refractivity (Wildman–Crippen MR) is 58.0 cm³/mol. The topological polar surface area (TPSA) is 125 Å². The Kier molecular flexibility index (Phi) is 2.73. The van der Waals surface area contributed by atoms with E-state index in [1.807, 2.05) is 0 Å². The average molecular weight is 242 g/mol. The van der Waals surface area contributed by atoms with E-state index < -0.39 is 0 Å². The number of nitrogens with two attached hydrogens (primary N) is 1. The Morgan fingerprint density at radius 1 is 1.50 bits per heavy atom. The van der Waals surface area contributed by atoms with E-state index in [1.54, 1.807) is 0 Å². The second-order valence-electron chi connectivity index (χ2n) is 2.91. The number of halogens is 1. The van der Waals surface area contributed by atoms with Gasteiger partial charge in [0.2, 0.25) is 5.95 Å². The SMILES string of the molecule is Nc1nc(Cl)cc(NCc2n[nH]c(=O)[nH]2)n1. The highest BCUT2D eigenvalue weighted by molar-refractivity contribution is 6.29. The standard InChI is InChI=1S/C7H8ClN7O/c8-3-1-4(12-6(9)11-3)10-2-5-13-7(16)15-14-5/h1H,2H2,(H3,9,10,11,12)(H2,13,14,15,16). The molecule has 5 N–H and O–H groups in total. The minimum absolute atomic E-state index is 0.0746. The highest BCUT2D eigenvalue weighted by atomic mass is 35.5. The van der Waals surface area contributed by atoms with Crippen LogP contribution in [0.5, 0.6) is 0 Å². The second kappa shape index (κ2) is 4.19. The van der Waals surface area contributed by atoms with E-state index >= 15 is 0 Å². The Morgan fingerprint density at radius 2 is 2.31 bits per heavy atom. The van der Waals surface area contributed by atoms with Crippen LogP contribution in [-0.2, 0) is 6.54 Å². The Balaban J connectivity index is 2.07. The molecule has 2 aromatic rings. The number of anilines is 2. The minimum atomic E-state index is -0.364. The molecule has 0 saturated heterocycles. The van der Waals surface area contributed by atoms with Crippen LogP contribution in [0.1, 0.15) is 5.82 Å². The smallest absolute Gasteiger partial charge is 0.340 e. The van der Waals surface area contributed by atoms with Gasteiger partial charge in [-0.25, -0.2) is 14.9 Å². The predicted octanol–water partition coefficient (Wildman–Crippen LogP) is -0.264. The summed E-state index contributed by atoms with van der Waals surface area (Å²) in [7, 11) is 0. The molecule has 2 rings (SSSR count). The van der Waals surface area contributed by atoms with Crippen molar-refractivity contribution in [2.75, 3.05) is 11.1 Å². The van der Waals surface area contributed by atoms with Crippen molar-refractivity contribution in [3.8, 4) is 0 Å². The fourth-order valence-electron chi connectivity index (χ4n) is 1.09. The number of nitrogens with one attached hydrogen (secondary N) is 3. The van der Waals surface area contributed by atoms with Gasteiger partial charge < -0.3 is 11.1 Å². The molecule has 0 radical (unpaired) electrons. The molecular weight excluding hydrogens is 234 g/mol. The Hall–Kier alpha value is -2.09. The van der Waals surface area contributed by atoms with Crippen LogP contribution in [0.3, 0.4) is 0 Å². The lowest BCUT2D eigenvalue weighted by Gasteiger charge is -2.03. The van der Waals surface area contributed by atoms with E-state index in [9.17, 15) is 4.79 Å². The van der Waals surface area contributed by atoms with Crippen molar-refractivity contribution in [3.05, 3.63) is 27.5 Å². The average Bonchev–Trinajstić information content (AvgIpc) is 2.60. The molecule has 0 unspecified atom stereocenters. The van der Waals surface area contributed by atoms with Crippen LogP contribution < -0.4 is 16.7 Å². The number of aromatic amines is 2. The maximum absolute atomic E-state index is 10.7. The quantitative estimate of drug-likeness (QED) is 0.549. The first-order chi connectivity index (χ1) is 7.63. The molecule has 0 aliphatic carbocycles. The van der Waals surface area contributed by atoms with Gasteiger partial charge in [0.05, 0.1) is 6.54 Å². The van der Waals surface area contributed by atoms with Crippen molar-refractivity contribution in [1.29, 1.82) is 0 Å². The molecule has 0 saturated carbocycles. The van der Waals surface area contributed by atoms with Gasteiger partial charge in [-0.2, -0.15) is 10.1 Å². The zero-order valence-corrected chi connectivity index (χ0v) is 8.75. The first-order valence-corrected chi connectivity index (χ1v) is 4.69. The monoisotopic (exact) mass is 241 g/mol. The summed E-state index contributed by atoms with van der Waals surface area (Å²) in [5.74, 6) is 0.991. The van der Waals surface area contributed by atoms with Gasteiger partial charge in [-0.15, -0.1) is 0 Å². The van der Waals surface area contributed by atoms with Gasteiger partial charge in [-0.1, -0.05) is 11.6 Å². The first-order valence-electron chi connectivity index (χ1n) is 4.31. The van der Waals surface area contributed by atoms with E-state index in [-0.39, 0.29) is 16.8 Å². The lowest BCUT2D eigenvalue weighted by atomic mass is 10.5. The summed E-state index contributed by atoms with van der Waals surface area (Å²) >= 11 is 5.69. The third-order valence-corrected chi connectivity index (χ3v) is 1.89. The maximum atomic E-state index is 10.7. The van der Waals surface area contributed by atoms with Crippen molar-refractivity contribution in [1.82, 2.24) is 25.1 Å². The molecule has 16 heavy (non-hydrogen) atoms. The summed E-state index contributed by atoms with van der Waals surface area (Å²) in [6, 6.07) is 1.52. The molecule has 0 aliphatic rings. The van der Waals surface area contributed by atoms with E-state index in [1.165, 1.54) is 6.07 Å². The fraction of sp³-hybridized carbons (Fsp3) is 0.143. The molecule has 0 bridgehead atoms. The van der Waals surface area contributed by atoms with Crippen LogP contribution >= 0.6 is 11.6 Å². The normalized spacial score (nSPS) is 10.3. The number of hydrogen-bond donors (Lipinski definition) is 4. The molecule has 2 heterocycles. The molecule has 2 aromatic heterocycles. The van der Waals surface area contributed by atoms with Crippen molar-refractivity contribution >= 4 is 23.4 Å². The summed E-state index contributed by atoms with van der Waals surface area (Å²) in [6.45, 7) is 0.297. The van der Waals surface area contributed by atoms with E-state index in [0.717, 1.165) is 0 Å². The van der Waals surface area contributed by atoms with Gasteiger partial charge in [0.25, 0.3) is 0 Å². The molecule has 0 atom stereocenters. The summed E-state index contributed by atoms with van der Waals surface area (Å²) in [5.41, 5.74) is 5.04. The van der Waals surface area contributed by atoms with Gasteiger partial charge >= 0.3 is 5.69 Å². The van der Waals surface area contributed by atoms with E-state index in [0.29, 0.717) is 18.2 Å². The molecule has 84 valence electrons. The van der Waals surface area contributed by atoms with Crippen LogP contribution in [-0.4, -0.2) is 25.1 Å². The van der Waals surface area contributed by atoms with Crippen LogP contribution in [0, 0.1) is 0 Å². The van der Waals surface area contributed by atoms with Gasteiger partial charge in [0, 0.05) is 6.07 Å². The second-order valence-corrected chi connectivity index (χ2v) is 3.30. The third kappa shape index (κ3) is 2.48. The minimum Gasteiger partial charge on any atom is -0.368 e. The number of hydrogen-bond acceptors (Lipinski definition) is 6.